The number of aromatic amines is 4. The summed E-state index contributed by atoms with van der Waals surface area (Å²) in [7, 11) is 0. The predicted octanol–water partition coefficient (Wildman–Crippen LogP) is 3.46. The zero-order chi connectivity index (χ0) is 20.5. The van der Waals surface area contributed by atoms with Crippen molar-refractivity contribution in [3.63, 3.8) is 0 Å². The van der Waals surface area contributed by atoms with Crippen molar-refractivity contribution in [2.45, 2.75) is 33.1 Å². The van der Waals surface area contributed by atoms with E-state index in [1.165, 1.54) is 0 Å². The first kappa shape index (κ1) is 18.9. The molecule has 0 fully saturated rings. The summed E-state index contributed by atoms with van der Waals surface area (Å²) in [6.07, 6.45) is 0.852. The molecule has 2 heterocycles. The van der Waals surface area contributed by atoms with E-state index >= 15 is 0 Å². The Kier molecular flexibility index (Phi) is 4.88. The smallest absolute Gasteiger partial charge is 0.268 e. The molecule has 0 aliphatic carbocycles. The molecule has 0 radical (unpaired) electrons. The molecule has 4 N–H and O–H groups in total. The molecule has 4 aromatic rings. The molecule has 29 heavy (non-hydrogen) atoms. The van der Waals surface area contributed by atoms with Gasteiger partial charge in [0.1, 0.15) is 5.75 Å². The van der Waals surface area contributed by atoms with Gasteiger partial charge in [-0.1, -0.05) is 37.3 Å². The van der Waals surface area contributed by atoms with Crippen LogP contribution in [0, 0.1) is 13.8 Å². The number of hydrogen-bond donors (Lipinski definition) is 4. The van der Waals surface area contributed by atoms with Gasteiger partial charge in [-0.2, -0.15) is 0 Å². The maximum Gasteiger partial charge on any atom is 0.268 e. The molecule has 2 aromatic carbocycles. The fraction of sp³-hybridized carbons (Fsp3) is 0.273. The summed E-state index contributed by atoms with van der Waals surface area (Å²) in [5.41, 5.74) is 2.72. The van der Waals surface area contributed by atoms with E-state index in [-0.39, 0.29) is 11.1 Å². The Bertz CT molecular complexity index is 1220. The van der Waals surface area contributed by atoms with Gasteiger partial charge < -0.3 is 14.9 Å². The van der Waals surface area contributed by atoms with Crippen LogP contribution in [0.5, 0.6) is 5.75 Å². The molecule has 2 aromatic heterocycles. The highest BCUT2D eigenvalue weighted by Gasteiger charge is 2.31. The minimum atomic E-state index is -0.585. The third kappa shape index (κ3) is 3.18. The van der Waals surface area contributed by atoms with Gasteiger partial charge in [-0.15, -0.1) is 0 Å². The summed E-state index contributed by atoms with van der Waals surface area (Å²) >= 11 is 0. The Labute approximate surface area is 167 Å². The number of aromatic nitrogens is 4. The maximum absolute atomic E-state index is 12.8. The fourth-order valence-electron chi connectivity index (χ4n) is 3.95. The zero-order valence-corrected chi connectivity index (χ0v) is 16.7. The molecule has 0 aliphatic heterocycles. The number of fused-ring (bicyclic) bond motifs is 1. The van der Waals surface area contributed by atoms with E-state index in [1.54, 1.807) is 0 Å². The monoisotopic (exact) mass is 392 g/mol. The number of rotatable bonds is 6. The lowest BCUT2D eigenvalue weighted by Gasteiger charge is -2.22. The van der Waals surface area contributed by atoms with Gasteiger partial charge >= 0.3 is 0 Å². The molecule has 4 rings (SSSR count). The minimum absolute atomic E-state index is 0.248. The molecule has 0 bridgehead atoms. The van der Waals surface area contributed by atoms with Crippen LogP contribution in [0.25, 0.3) is 10.8 Å². The van der Waals surface area contributed by atoms with Crippen LogP contribution in [-0.4, -0.2) is 27.0 Å². The van der Waals surface area contributed by atoms with Gasteiger partial charge in [0.2, 0.25) is 0 Å². The number of aryl methyl sites for hydroxylation is 2. The summed E-state index contributed by atoms with van der Waals surface area (Å²) in [6, 6.07) is 11.9. The van der Waals surface area contributed by atoms with E-state index in [0.717, 1.165) is 22.8 Å². The fourth-order valence-corrected chi connectivity index (χ4v) is 3.95. The van der Waals surface area contributed by atoms with Gasteiger partial charge in [0.15, 0.2) is 0 Å². The van der Waals surface area contributed by atoms with Crippen molar-refractivity contribution in [2.75, 3.05) is 6.61 Å². The Morgan fingerprint density at radius 3 is 2.00 bits per heavy atom. The number of H-pyrrole nitrogens is 4. The molecular formula is C22H24N4O3. The second-order valence-electron chi connectivity index (χ2n) is 7.22. The molecule has 0 spiro atoms. The van der Waals surface area contributed by atoms with E-state index in [2.05, 4.69) is 20.4 Å². The first-order valence-corrected chi connectivity index (χ1v) is 9.71. The van der Waals surface area contributed by atoms with Gasteiger partial charge in [-0.3, -0.25) is 19.8 Å². The molecule has 150 valence electrons. The Balaban J connectivity index is 2.12. The molecule has 7 heteroatoms. The molecular weight excluding hydrogens is 368 g/mol. The van der Waals surface area contributed by atoms with E-state index in [0.29, 0.717) is 34.9 Å². The Morgan fingerprint density at radius 2 is 1.45 bits per heavy atom. The van der Waals surface area contributed by atoms with Crippen LogP contribution in [0.1, 0.15) is 47.3 Å². The number of hydrogen-bond acceptors (Lipinski definition) is 3. The van der Waals surface area contributed by atoms with Crippen molar-refractivity contribution in [1.29, 1.82) is 0 Å². The molecule has 0 amide bonds. The molecule has 7 nitrogen and oxygen atoms in total. The lowest BCUT2D eigenvalue weighted by molar-refractivity contribution is 0.314. The summed E-state index contributed by atoms with van der Waals surface area (Å²) in [5.74, 6) is 0.0912. The van der Waals surface area contributed by atoms with Gasteiger partial charge in [-0.05, 0) is 37.1 Å². The highest BCUT2D eigenvalue weighted by Crippen LogP contribution is 2.41. The van der Waals surface area contributed by atoms with Crippen LogP contribution >= 0.6 is 0 Å². The lowest BCUT2D eigenvalue weighted by atomic mass is 9.82. The van der Waals surface area contributed by atoms with Crippen molar-refractivity contribution in [1.82, 2.24) is 20.4 Å². The van der Waals surface area contributed by atoms with E-state index in [1.807, 2.05) is 57.2 Å². The van der Waals surface area contributed by atoms with Crippen LogP contribution in [-0.2, 0) is 0 Å². The van der Waals surface area contributed by atoms with Gasteiger partial charge in [-0.25, -0.2) is 0 Å². The van der Waals surface area contributed by atoms with Crippen molar-refractivity contribution in [3.05, 3.63) is 85.2 Å². The summed E-state index contributed by atoms with van der Waals surface area (Å²) in [4.78, 5) is 25.6. The summed E-state index contributed by atoms with van der Waals surface area (Å²) in [5, 5.41) is 13.1. The van der Waals surface area contributed by atoms with E-state index in [9.17, 15) is 9.59 Å². The van der Waals surface area contributed by atoms with Crippen molar-refractivity contribution in [2.24, 2.45) is 0 Å². The average molecular weight is 392 g/mol. The number of nitrogens with one attached hydrogen (secondary N) is 4. The third-order valence-corrected chi connectivity index (χ3v) is 5.28. The minimum Gasteiger partial charge on any atom is -0.493 e. The quantitative estimate of drug-likeness (QED) is 0.404. The number of ether oxygens (including phenoxy) is 1. The zero-order valence-electron chi connectivity index (χ0n) is 16.7. The van der Waals surface area contributed by atoms with Crippen LogP contribution < -0.4 is 15.9 Å². The third-order valence-electron chi connectivity index (χ3n) is 5.28. The van der Waals surface area contributed by atoms with Crippen LogP contribution in [0.2, 0.25) is 0 Å². The SMILES string of the molecule is CCCOc1ccc2ccccc2c1C(c1c(C)[nH][nH]c1=O)c1c(C)[nH][nH]c1=O. The van der Waals surface area contributed by atoms with Crippen molar-refractivity contribution in [3.8, 4) is 5.75 Å². The second kappa shape index (κ2) is 7.50. The Hall–Kier alpha value is -3.48. The summed E-state index contributed by atoms with van der Waals surface area (Å²) < 4.78 is 6.09. The number of benzene rings is 2. The van der Waals surface area contributed by atoms with Crippen molar-refractivity contribution >= 4 is 10.8 Å². The summed E-state index contributed by atoms with van der Waals surface area (Å²) in [6.45, 7) is 6.24. The topological polar surface area (TPSA) is 107 Å². The highest BCUT2D eigenvalue weighted by molar-refractivity contribution is 5.89. The van der Waals surface area contributed by atoms with Gasteiger partial charge in [0.25, 0.3) is 11.1 Å². The molecule has 0 saturated heterocycles. The van der Waals surface area contributed by atoms with Crippen molar-refractivity contribution < 1.29 is 4.74 Å². The van der Waals surface area contributed by atoms with E-state index < -0.39 is 5.92 Å². The molecule has 0 aliphatic rings. The first-order valence-electron chi connectivity index (χ1n) is 9.71. The predicted molar refractivity (Wildman–Crippen MR) is 113 cm³/mol. The van der Waals surface area contributed by atoms with Gasteiger partial charge in [0.05, 0.1) is 23.7 Å². The standard InChI is InChI=1S/C22H24N4O3/c1-4-11-29-16-10-9-14-7-5-6-8-15(14)19(16)20(17-12(2)23-25-21(17)27)18-13(3)24-26-22(18)28/h5-10,20H,4,11H2,1-3H3,(H2,23,25,27)(H2,24,26,28). The van der Waals surface area contributed by atoms with E-state index in [4.69, 9.17) is 4.74 Å². The largest absolute Gasteiger partial charge is 0.493 e. The average Bonchev–Trinajstić information content (AvgIpc) is 3.23. The normalized spacial score (nSPS) is 11.4. The highest BCUT2D eigenvalue weighted by atomic mass is 16.5. The van der Waals surface area contributed by atoms with Crippen LogP contribution in [0.3, 0.4) is 0 Å². The first-order chi connectivity index (χ1) is 14.0. The molecule has 0 saturated carbocycles. The Morgan fingerprint density at radius 1 is 0.828 bits per heavy atom. The molecule has 0 unspecified atom stereocenters. The molecule has 0 atom stereocenters. The second-order valence-corrected chi connectivity index (χ2v) is 7.22. The lowest BCUT2D eigenvalue weighted by Crippen LogP contribution is -2.21. The maximum atomic E-state index is 12.8. The van der Waals surface area contributed by atoms with Crippen LogP contribution in [0.4, 0.5) is 0 Å². The van der Waals surface area contributed by atoms with Gasteiger partial charge in [0, 0.05) is 17.0 Å². The van der Waals surface area contributed by atoms with Crippen LogP contribution in [0.15, 0.2) is 46.0 Å².